The van der Waals surface area contributed by atoms with Crippen molar-refractivity contribution in [1.82, 2.24) is 5.32 Å². The van der Waals surface area contributed by atoms with E-state index in [1.54, 1.807) is 7.05 Å². The van der Waals surface area contributed by atoms with E-state index in [0.717, 1.165) is 6.54 Å². The van der Waals surface area contributed by atoms with Crippen LogP contribution < -0.4 is 11.1 Å². The zero-order valence-electron chi connectivity index (χ0n) is 8.77. The molecule has 0 aromatic rings. The second-order valence-corrected chi connectivity index (χ2v) is 4.33. The highest BCUT2D eigenvalue weighted by Crippen LogP contribution is 2.34. The van der Waals surface area contributed by atoms with E-state index in [4.69, 9.17) is 5.73 Å². The Bertz CT molecular complexity index is 181. The number of nitrogens with two attached hydrogens (primary N) is 1. The van der Waals surface area contributed by atoms with Gasteiger partial charge >= 0.3 is 0 Å². The molecule has 0 saturated heterocycles. The summed E-state index contributed by atoms with van der Waals surface area (Å²) in [6.07, 6.45) is 6.75. The summed E-state index contributed by atoms with van der Waals surface area (Å²) in [7, 11) is 1.71. The van der Waals surface area contributed by atoms with Gasteiger partial charge in [-0.25, -0.2) is 0 Å². The molecule has 0 radical (unpaired) electrons. The van der Waals surface area contributed by atoms with Gasteiger partial charge in [-0.2, -0.15) is 0 Å². The first-order chi connectivity index (χ1) is 6.16. The lowest BCUT2D eigenvalue weighted by Gasteiger charge is -2.33. The van der Waals surface area contributed by atoms with Gasteiger partial charge in [-0.15, -0.1) is 0 Å². The lowest BCUT2D eigenvalue weighted by atomic mass is 9.76. The minimum Gasteiger partial charge on any atom is -0.370 e. The minimum atomic E-state index is 0.438. The lowest BCUT2D eigenvalue weighted by molar-refractivity contribution is 0.218. The third-order valence-corrected chi connectivity index (χ3v) is 3.00. The Balaban J connectivity index is 2.33. The van der Waals surface area contributed by atoms with Crippen LogP contribution in [0.1, 0.15) is 39.0 Å². The SMILES string of the molecule is CN=C(N)NCC1(C)CCCCC1. The standard InChI is InChI=1S/C10H21N3/c1-10(6-4-3-5-7-10)8-13-9(11)12-2/h3-8H2,1-2H3,(H3,11,12,13). The summed E-state index contributed by atoms with van der Waals surface area (Å²) in [6.45, 7) is 3.30. The van der Waals surface area contributed by atoms with Crippen LogP contribution in [0.5, 0.6) is 0 Å². The fourth-order valence-electron chi connectivity index (χ4n) is 1.97. The minimum absolute atomic E-state index is 0.438. The molecule has 1 saturated carbocycles. The van der Waals surface area contributed by atoms with E-state index in [-0.39, 0.29) is 0 Å². The summed E-state index contributed by atoms with van der Waals surface area (Å²) >= 11 is 0. The van der Waals surface area contributed by atoms with Crippen molar-refractivity contribution in [3.63, 3.8) is 0 Å². The zero-order chi connectivity index (χ0) is 9.73. The molecule has 3 N–H and O–H groups in total. The molecule has 0 atom stereocenters. The largest absolute Gasteiger partial charge is 0.370 e. The molecule has 3 heteroatoms. The average molecular weight is 183 g/mol. The highest BCUT2D eigenvalue weighted by molar-refractivity contribution is 5.77. The van der Waals surface area contributed by atoms with Gasteiger partial charge in [0.2, 0.25) is 0 Å². The Morgan fingerprint density at radius 2 is 2.00 bits per heavy atom. The van der Waals surface area contributed by atoms with E-state index in [2.05, 4.69) is 17.2 Å². The first kappa shape index (κ1) is 10.4. The molecule has 13 heavy (non-hydrogen) atoms. The fraction of sp³-hybridized carbons (Fsp3) is 0.900. The summed E-state index contributed by atoms with van der Waals surface area (Å²) in [6, 6.07) is 0. The Labute approximate surface area is 80.8 Å². The van der Waals surface area contributed by atoms with Crippen LogP contribution in [0.3, 0.4) is 0 Å². The third kappa shape index (κ3) is 3.25. The highest BCUT2D eigenvalue weighted by atomic mass is 15.1. The van der Waals surface area contributed by atoms with Gasteiger partial charge in [0.15, 0.2) is 5.96 Å². The Morgan fingerprint density at radius 3 is 2.54 bits per heavy atom. The number of hydrogen-bond donors (Lipinski definition) is 2. The molecule has 0 amide bonds. The number of nitrogens with zero attached hydrogens (tertiary/aromatic N) is 1. The topological polar surface area (TPSA) is 50.4 Å². The summed E-state index contributed by atoms with van der Waals surface area (Å²) < 4.78 is 0. The van der Waals surface area contributed by atoms with Crippen LogP contribution >= 0.6 is 0 Å². The smallest absolute Gasteiger partial charge is 0.188 e. The first-order valence-electron chi connectivity index (χ1n) is 5.12. The summed E-state index contributed by atoms with van der Waals surface area (Å²) in [5.74, 6) is 0.562. The molecular formula is C10H21N3. The van der Waals surface area contributed by atoms with Gasteiger partial charge in [0.1, 0.15) is 0 Å². The van der Waals surface area contributed by atoms with Gasteiger partial charge < -0.3 is 11.1 Å². The van der Waals surface area contributed by atoms with Crippen molar-refractivity contribution < 1.29 is 0 Å². The second-order valence-electron chi connectivity index (χ2n) is 4.33. The van der Waals surface area contributed by atoms with Gasteiger partial charge in [0.25, 0.3) is 0 Å². The van der Waals surface area contributed by atoms with Crippen LogP contribution in [0, 0.1) is 5.41 Å². The van der Waals surface area contributed by atoms with Crippen LogP contribution in [-0.2, 0) is 0 Å². The highest BCUT2D eigenvalue weighted by Gasteiger charge is 2.26. The van der Waals surface area contributed by atoms with Crippen LogP contribution in [0.2, 0.25) is 0 Å². The van der Waals surface area contributed by atoms with Gasteiger partial charge in [-0.05, 0) is 18.3 Å². The first-order valence-corrected chi connectivity index (χ1v) is 5.12. The molecule has 0 spiro atoms. The number of guanidine groups is 1. The van der Waals surface area contributed by atoms with Crippen LogP contribution in [0.25, 0.3) is 0 Å². The monoisotopic (exact) mass is 183 g/mol. The predicted octanol–water partition coefficient (Wildman–Crippen LogP) is 1.49. The van der Waals surface area contributed by atoms with Crippen molar-refractivity contribution in [2.24, 2.45) is 16.1 Å². The molecule has 0 unspecified atom stereocenters. The van der Waals surface area contributed by atoms with E-state index in [1.807, 2.05) is 0 Å². The Hall–Kier alpha value is -0.730. The number of nitrogens with one attached hydrogen (secondary N) is 1. The summed E-state index contributed by atoms with van der Waals surface area (Å²) in [5, 5.41) is 3.17. The van der Waals surface area contributed by atoms with E-state index >= 15 is 0 Å². The van der Waals surface area contributed by atoms with Crippen molar-refractivity contribution in [2.75, 3.05) is 13.6 Å². The number of aliphatic imine (C=N–C) groups is 1. The van der Waals surface area contributed by atoms with Gasteiger partial charge in [-0.1, -0.05) is 26.2 Å². The molecule has 1 fully saturated rings. The molecule has 1 rings (SSSR count). The third-order valence-electron chi connectivity index (χ3n) is 3.00. The van der Waals surface area contributed by atoms with E-state index in [0.29, 0.717) is 11.4 Å². The zero-order valence-corrected chi connectivity index (χ0v) is 8.77. The average Bonchev–Trinajstić information content (AvgIpc) is 2.15. The maximum absolute atomic E-state index is 5.59. The van der Waals surface area contributed by atoms with Crippen molar-refractivity contribution in [3.05, 3.63) is 0 Å². The predicted molar refractivity (Wildman–Crippen MR) is 56.7 cm³/mol. The number of hydrogen-bond acceptors (Lipinski definition) is 1. The van der Waals surface area contributed by atoms with Gasteiger partial charge in [0.05, 0.1) is 0 Å². The summed E-state index contributed by atoms with van der Waals surface area (Å²) in [4.78, 5) is 3.89. The maximum Gasteiger partial charge on any atom is 0.188 e. The molecule has 3 nitrogen and oxygen atoms in total. The summed E-state index contributed by atoms with van der Waals surface area (Å²) in [5.41, 5.74) is 6.03. The van der Waals surface area contributed by atoms with Crippen LogP contribution in [0.4, 0.5) is 0 Å². The molecule has 0 aromatic carbocycles. The molecule has 0 aliphatic heterocycles. The van der Waals surface area contributed by atoms with Gasteiger partial charge in [0, 0.05) is 13.6 Å². The normalized spacial score (nSPS) is 22.8. The lowest BCUT2D eigenvalue weighted by Crippen LogP contribution is -2.40. The quantitative estimate of drug-likeness (QED) is 0.503. The van der Waals surface area contributed by atoms with E-state index in [1.165, 1.54) is 32.1 Å². The molecule has 0 bridgehead atoms. The van der Waals surface area contributed by atoms with Crippen molar-refractivity contribution in [3.8, 4) is 0 Å². The van der Waals surface area contributed by atoms with Crippen LogP contribution in [0.15, 0.2) is 4.99 Å². The van der Waals surface area contributed by atoms with E-state index in [9.17, 15) is 0 Å². The van der Waals surface area contributed by atoms with Crippen molar-refractivity contribution in [1.29, 1.82) is 0 Å². The molecule has 0 heterocycles. The van der Waals surface area contributed by atoms with E-state index < -0.39 is 0 Å². The molecule has 0 aromatic heterocycles. The van der Waals surface area contributed by atoms with Crippen molar-refractivity contribution in [2.45, 2.75) is 39.0 Å². The fourth-order valence-corrected chi connectivity index (χ4v) is 1.97. The Morgan fingerprint density at radius 1 is 1.38 bits per heavy atom. The molecule has 1 aliphatic carbocycles. The maximum atomic E-state index is 5.59. The molecule has 76 valence electrons. The second kappa shape index (κ2) is 4.49. The molecular weight excluding hydrogens is 162 g/mol. The van der Waals surface area contributed by atoms with Gasteiger partial charge in [-0.3, -0.25) is 4.99 Å². The molecule has 1 aliphatic rings. The Kier molecular flexibility index (Phi) is 3.58. The van der Waals surface area contributed by atoms with Crippen LogP contribution in [-0.4, -0.2) is 19.6 Å². The van der Waals surface area contributed by atoms with Crippen molar-refractivity contribution >= 4 is 5.96 Å². The number of rotatable bonds is 2.